The number of benzene rings is 2. The van der Waals surface area contributed by atoms with Crippen molar-refractivity contribution in [2.24, 2.45) is 5.41 Å². The van der Waals surface area contributed by atoms with E-state index in [0.717, 1.165) is 18.2 Å². The molecule has 162 valence electrons. The van der Waals surface area contributed by atoms with Crippen molar-refractivity contribution in [1.29, 1.82) is 0 Å². The molecule has 6 heteroatoms. The first-order valence-electron chi connectivity index (χ1n) is 9.74. The van der Waals surface area contributed by atoms with Crippen molar-refractivity contribution in [3.8, 4) is 0 Å². The average molecular weight is 419 g/mol. The van der Waals surface area contributed by atoms with Gasteiger partial charge in [0.15, 0.2) is 0 Å². The Morgan fingerprint density at radius 1 is 0.867 bits per heavy atom. The fourth-order valence-corrected chi connectivity index (χ4v) is 3.14. The van der Waals surface area contributed by atoms with Crippen molar-refractivity contribution < 1.29 is 22.8 Å². The van der Waals surface area contributed by atoms with Gasteiger partial charge in [-0.15, -0.1) is 0 Å². The predicted octanol–water partition coefficient (Wildman–Crippen LogP) is 5.98. The zero-order valence-corrected chi connectivity index (χ0v) is 18.1. The van der Waals surface area contributed by atoms with Crippen LogP contribution in [0.1, 0.15) is 74.5 Å². The van der Waals surface area contributed by atoms with E-state index in [2.05, 4.69) is 5.32 Å². The highest BCUT2D eigenvalue weighted by molar-refractivity contribution is 6.01. The summed E-state index contributed by atoms with van der Waals surface area (Å²) >= 11 is 0. The van der Waals surface area contributed by atoms with Crippen LogP contribution in [0.3, 0.4) is 0 Å². The quantitative estimate of drug-likeness (QED) is 0.663. The summed E-state index contributed by atoms with van der Waals surface area (Å²) < 4.78 is 40.5. The van der Waals surface area contributed by atoms with Gasteiger partial charge in [0, 0.05) is 16.5 Å². The molecule has 0 bridgehead atoms. The van der Waals surface area contributed by atoms with Crippen LogP contribution < -0.4 is 5.32 Å². The molecule has 30 heavy (non-hydrogen) atoms. The Morgan fingerprint density at radius 3 is 1.90 bits per heavy atom. The third kappa shape index (κ3) is 5.71. The van der Waals surface area contributed by atoms with Crippen molar-refractivity contribution in [2.75, 3.05) is 0 Å². The fraction of sp³-hybridized carbons (Fsp3) is 0.417. The number of Topliss-reactive ketones (excluding diaryl/α,β-unsaturated/α-hetero) is 1. The zero-order chi connectivity index (χ0) is 22.9. The van der Waals surface area contributed by atoms with Crippen LogP contribution in [0.25, 0.3) is 0 Å². The Labute approximate surface area is 175 Å². The van der Waals surface area contributed by atoms with Gasteiger partial charge < -0.3 is 5.32 Å². The molecule has 0 radical (unpaired) electrons. The maximum Gasteiger partial charge on any atom is 0.416 e. The van der Waals surface area contributed by atoms with Gasteiger partial charge in [-0.25, -0.2) is 0 Å². The number of alkyl halides is 3. The van der Waals surface area contributed by atoms with Crippen molar-refractivity contribution in [3.05, 3.63) is 70.8 Å². The minimum atomic E-state index is -4.60. The molecular weight excluding hydrogens is 391 g/mol. The van der Waals surface area contributed by atoms with Crippen LogP contribution in [-0.4, -0.2) is 17.2 Å². The molecule has 2 aromatic rings. The highest BCUT2D eigenvalue weighted by Crippen LogP contribution is 2.38. The Kier molecular flexibility index (Phi) is 6.50. The maximum atomic E-state index is 13.5. The molecule has 0 aliphatic rings. The summed E-state index contributed by atoms with van der Waals surface area (Å²) in [7, 11) is 0. The zero-order valence-electron chi connectivity index (χ0n) is 18.1. The number of ketones is 1. The van der Waals surface area contributed by atoms with E-state index in [-0.39, 0.29) is 16.9 Å². The standard InChI is InChI=1S/C24H28F3NO2/c1-22(2,3)20(29)19(15-10-8-7-9-11-15)18-14-16(24(25,26)27)12-13-17(18)21(30)28-23(4,5)6/h7-14,19H,1-6H3,(H,28,30). The summed E-state index contributed by atoms with van der Waals surface area (Å²) in [5, 5.41) is 2.79. The number of amides is 1. The summed E-state index contributed by atoms with van der Waals surface area (Å²) in [6.45, 7) is 10.5. The van der Waals surface area contributed by atoms with E-state index in [9.17, 15) is 22.8 Å². The molecule has 0 spiro atoms. The summed E-state index contributed by atoms with van der Waals surface area (Å²) in [6.07, 6.45) is -4.60. The largest absolute Gasteiger partial charge is 0.416 e. The number of halogens is 3. The predicted molar refractivity (Wildman–Crippen MR) is 111 cm³/mol. The summed E-state index contributed by atoms with van der Waals surface area (Å²) in [4.78, 5) is 26.3. The van der Waals surface area contributed by atoms with Crippen LogP contribution in [0.2, 0.25) is 0 Å². The van der Waals surface area contributed by atoms with Crippen LogP contribution in [0, 0.1) is 5.41 Å². The normalized spacial score (nSPS) is 13.6. The number of hydrogen-bond acceptors (Lipinski definition) is 2. The second-order valence-corrected chi connectivity index (χ2v) is 9.46. The van der Waals surface area contributed by atoms with Crippen LogP contribution in [0.5, 0.6) is 0 Å². The lowest BCUT2D eigenvalue weighted by Crippen LogP contribution is -2.41. The van der Waals surface area contributed by atoms with Gasteiger partial charge in [-0.2, -0.15) is 13.2 Å². The third-order valence-corrected chi connectivity index (χ3v) is 4.56. The summed E-state index contributed by atoms with van der Waals surface area (Å²) in [6, 6.07) is 11.6. The molecule has 1 atom stereocenters. The second-order valence-electron chi connectivity index (χ2n) is 9.46. The number of hydrogen-bond donors (Lipinski definition) is 1. The fourth-order valence-electron chi connectivity index (χ4n) is 3.14. The Morgan fingerprint density at radius 2 is 1.43 bits per heavy atom. The lowest BCUT2D eigenvalue weighted by Gasteiger charge is -2.28. The molecular formula is C24H28F3NO2. The van der Waals surface area contributed by atoms with Crippen LogP contribution in [-0.2, 0) is 11.0 Å². The smallest absolute Gasteiger partial charge is 0.347 e. The van der Waals surface area contributed by atoms with Gasteiger partial charge in [-0.1, -0.05) is 51.1 Å². The number of rotatable bonds is 4. The van der Waals surface area contributed by atoms with E-state index in [1.807, 2.05) is 0 Å². The molecule has 0 aromatic heterocycles. The Balaban J connectivity index is 2.79. The van der Waals surface area contributed by atoms with Gasteiger partial charge in [0.2, 0.25) is 0 Å². The van der Waals surface area contributed by atoms with E-state index in [0.29, 0.717) is 5.56 Å². The molecule has 1 unspecified atom stereocenters. The summed E-state index contributed by atoms with van der Waals surface area (Å²) in [5.41, 5.74) is -1.66. The first kappa shape index (κ1) is 23.6. The van der Waals surface area contributed by atoms with Gasteiger partial charge in [0.25, 0.3) is 5.91 Å². The first-order chi connectivity index (χ1) is 13.6. The lowest BCUT2D eigenvalue weighted by molar-refractivity contribution is -0.137. The van der Waals surface area contributed by atoms with E-state index in [1.165, 1.54) is 0 Å². The molecule has 2 aromatic carbocycles. The van der Waals surface area contributed by atoms with E-state index < -0.39 is 34.5 Å². The van der Waals surface area contributed by atoms with Crippen LogP contribution >= 0.6 is 0 Å². The molecule has 1 amide bonds. The van der Waals surface area contributed by atoms with Gasteiger partial charge in [0.05, 0.1) is 11.5 Å². The van der Waals surface area contributed by atoms with Crippen molar-refractivity contribution >= 4 is 11.7 Å². The SMILES string of the molecule is CC(C)(C)NC(=O)c1ccc(C(F)(F)F)cc1C(C(=O)C(C)(C)C)c1ccccc1. The van der Waals surface area contributed by atoms with Crippen LogP contribution in [0.15, 0.2) is 48.5 Å². The van der Waals surface area contributed by atoms with Gasteiger partial charge in [-0.05, 0) is 50.1 Å². The van der Waals surface area contributed by atoms with Crippen molar-refractivity contribution in [3.63, 3.8) is 0 Å². The molecule has 1 N–H and O–H groups in total. The number of carbonyl (C=O) groups is 2. The van der Waals surface area contributed by atoms with E-state index in [1.54, 1.807) is 71.9 Å². The van der Waals surface area contributed by atoms with E-state index >= 15 is 0 Å². The molecule has 0 saturated carbocycles. The van der Waals surface area contributed by atoms with Gasteiger partial charge in [0.1, 0.15) is 5.78 Å². The van der Waals surface area contributed by atoms with Crippen molar-refractivity contribution in [2.45, 2.75) is 59.2 Å². The minimum absolute atomic E-state index is 0.0534. The lowest BCUT2D eigenvalue weighted by atomic mass is 9.75. The summed E-state index contributed by atoms with van der Waals surface area (Å²) in [5.74, 6) is -1.79. The average Bonchev–Trinajstić information content (AvgIpc) is 2.59. The first-order valence-corrected chi connectivity index (χ1v) is 9.74. The molecule has 3 nitrogen and oxygen atoms in total. The number of carbonyl (C=O) groups excluding carboxylic acids is 2. The Hall–Kier alpha value is -2.63. The van der Waals surface area contributed by atoms with Crippen molar-refractivity contribution in [1.82, 2.24) is 5.32 Å². The third-order valence-electron chi connectivity index (χ3n) is 4.56. The highest BCUT2D eigenvalue weighted by Gasteiger charge is 2.37. The number of nitrogens with one attached hydrogen (secondary N) is 1. The Bertz CT molecular complexity index is 920. The molecule has 0 saturated heterocycles. The maximum absolute atomic E-state index is 13.5. The van der Waals surface area contributed by atoms with E-state index in [4.69, 9.17) is 0 Å². The molecule has 0 heterocycles. The topological polar surface area (TPSA) is 46.2 Å². The molecule has 0 aliphatic heterocycles. The molecule has 2 rings (SSSR count). The van der Waals surface area contributed by atoms with Gasteiger partial charge in [-0.3, -0.25) is 9.59 Å². The highest BCUT2D eigenvalue weighted by atomic mass is 19.4. The monoisotopic (exact) mass is 419 g/mol. The van der Waals surface area contributed by atoms with Gasteiger partial charge >= 0.3 is 6.18 Å². The molecule has 0 aliphatic carbocycles. The second kappa shape index (κ2) is 8.25. The molecule has 0 fully saturated rings. The van der Waals surface area contributed by atoms with Crippen LogP contribution in [0.4, 0.5) is 13.2 Å². The minimum Gasteiger partial charge on any atom is -0.347 e.